The Morgan fingerprint density at radius 1 is 1.53 bits per heavy atom. The lowest BCUT2D eigenvalue weighted by molar-refractivity contribution is -0.391. The van der Waals surface area contributed by atoms with Gasteiger partial charge in [0.05, 0.1) is 13.6 Å². The van der Waals surface area contributed by atoms with Crippen molar-refractivity contribution in [2.24, 2.45) is 7.05 Å². The molecule has 0 bridgehead atoms. The summed E-state index contributed by atoms with van der Waals surface area (Å²) in [5, 5.41) is 15.3. The van der Waals surface area contributed by atoms with Crippen LogP contribution in [0.4, 0.5) is 5.82 Å². The van der Waals surface area contributed by atoms with E-state index in [0.29, 0.717) is 6.54 Å². The molecule has 0 spiro atoms. The Morgan fingerprint density at radius 2 is 2.26 bits per heavy atom. The van der Waals surface area contributed by atoms with Gasteiger partial charge in [0.1, 0.15) is 0 Å². The van der Waals surface area contributed by atoms with Crippen molar-refractivity contribution < 1.29 is 9.72 Å². The van der Waals surface area contributed by atoms with Crippen LogP contribution < -0.4 is 5.32 Å². The van der Waals surface area contributed by atoms with Crippen molar-refractivity contribution in [1.82, 2.24) is 9.88 Å². The van der Waals surface area contributed by atoms with Gasteiger partial charge in [-0.2, -0.15) is 0 Å². The van der Waals surface area contributed by atoms with Crippen molar-refractivity contribution in [2.45, 2.75) is 6.54 Å². The molecule has 6 nitrogen and oxygen atoms in total. The molecule has 0 atom stereocenters. The van der Waals surface area contributed by atoms with Crippen LogP contribution in [0, 0.1) is 10.1 Å². The molecule has 0 saturated carbocycles. The van der Waals surface area contributed by atoms with Gasteiger partial charge in [0.15, 0.2) is 5.69 Å². The third kappa shape index (κ3) is 2.85. The second-order valence-electron chi connectivity index (χ2n) is 3.77. The minimum Gasteiger partial charge on any atom is -0.358 e. The summed E-state index contributed by atoms with van der Waals surface area (Å²) in [4.78, 5) is 23.1. The van der Waals surface area contributed by atoms with E-state index in [2.05, 4.69) is 21.2 Å². The summed E-state index contributed by atoms with van der Waals surface area (Å²) >= 11 is 4.90. The van der Waals surface area contributed by atoms with E-state index in [1.807, 2.05) is 11.4 Å². The summed E-state index contributed by atoms with van der Waals surface area (Å²) in [6, 6.07) is 4.66. The average Bonchev–Trinajstić information content (AvgIpc) is 2.92. The highest BCUT2D eigenvalue weighted by Crippen LogP contribution is 2.22. The molecule has 0 aliphatic rings. The van der Waals surface area contributed by atoms with Gasteiger partial charge in [-0.3, -0.25) is 4.79 Å². The van der Waals surface area contributed by atoms with Gasteiger partial charge in [-0.05, 0) is 38.4 Å². The van der Waals surface area contributed by atoms with Crippen LogP contribution in [0.2, 0.25) is 0 Å². The Bertz CT molecular complexity index is 635. The second-order valence-corrected chi connectivity index (χ2v) is 5.62. The predicted octanol–water partition coefficient (Wildman–Crippen LogP) is 2.69. The molecule has 0 saturated heterocycles. The van der Waals surface area contributed by atoms with Crippen LogP contribution in [0.15, 0.2) is 28.1 Å². The highest BCUT2D eigenvalue weighted by Gasteiger charge is 2.20. The number of carbonyl (C=O) groups excluding carboxylic acids is 1. The Morgan fingerprint density at radius 3 is 2.79 bits per heavy atom. The third-order valence-corrected chi connectivity index (χ3v) is 4.54. The van der Waals surface area contributed by atoms with Crippen LogP contribution in [-0.2, 0) is 13.6 Å². The van der Waals surface area contributed by atoms with Crippen molar-refractivity contribution in [2.75, 3.05) is 0 Å². The summed E-state index contributed by atoms with van der Waals surface area (Å²) in [6.45, 7) is 0.385. The standard InChI is InChI=1S/C11H10BrN3O3S/c1-14-8(2-3-10(14)15(17)18)11(16)13-6-9-7(12)4-5-19-9/h2-5H,6H2,1H3,(H,13,16). The molecule has 2 rings (SSSR count). The number of hydrogen-bond acceptors (Lipinski definition) is 4. The van der Waals surface area contributed by atoms with Gasteiger partial charge in [0.25, 0.3) is 5.91 Å². The highest BCUT2D eigenvalue weighted by molar-refractivity contribution is 9.10. The zero-order chi connectivity index (χ0) is 14.0. The fourth-order valence-electron chi connectivity index (χ4n) is 1.61. The lowest BCUT2D eigenvalue weighted by Crippen LogP contribution is -2.24. The SMILES string of the molecule is Cn1c(C(=O)NCc2sccc2Br)ccc1[N+](=O)[O-]. The lowest BCUT2D eigenvalue weighted by atomic mass is 10.4. The first-order chi connectivity index (χ1) is 9.00. The van der Waals surface area contributed by atoms with Gasteiger partial charge in [-0.1, -0.05) is 0 Å². The summed E-state index contributed by atoms with van der Waals surface area (Å²) in [5.41, 5.74) is 0.263. The van der Waals surface area contributed by atoms with Crippen molar-refractivity contribution in [1.29, 1.82) is 0 Å². The van der Waals surface area contributed by atoms with Crippen LogP contribution in [0.25, 0.3) is 0 Å². The van der Waals surface area contributed by atoms with Crippen LogP contribution >= 0.6 is 27.3 Å². The highest BCUT2D eigenvalue weighted by atomic mass is 79.9. The third-order valence-electron chi connectivity index (χ3n) is 2.62. The number of thiophene rings is 1. The minimum absolute atomic E-state index is 0.109. The molecule has 0 unspecified atom stereocenters. The van der Waals surface area contributed by atoms with E-state index in [0.717, 1.165) is 9.35 Å². The quantitative estimate of drug-likeness (QED) is 0.684. The van der Waals surface area contributed by atoms with Crippen LogP contribution in [0.1, 0.15) is 15.4 Å². The lowest BCUT2D eigenvalue weighted by Gasteiger charge is -2.03. The van der Waals surface area contributed by atoms with Gasteiger partial charge in [-0.15, -0.1) is 11.3 Å². The smallest absolute Gasteiger partial charge is 0.323 e. The van der Waals surface area contributed by atoms with E-state index in [9.17, 15) is 14.9 Å². The van der Waals surface area contributed by atoms with Gasteiger partial charge >= 0.3 is 5.82 Å². The molecule has 1 amide bonds. The van der Waals surface area contributed by atoms with Crippen molar-refractivity contribution in [3.63, 3.8) is 0 Å². The number of aromatic nitrogens is 1. The molecule has 2 aromatic heterocycles. The fraction of sp³-hybridized carbons (Fsp3) is 0.182. The molecule has 19 heavy (non-hydrogen) atoms. The minimum atomic E-state index is -0.521. The molecule has 0 aliphatic heterocycles. The first-order valence-corrected chi connectivity index (χ1v) is 6.98. The van der Waals surface area contributed by atoms with Crippen LogP contribution in [-0.4, -0.2) is 15.4 Å². The monoisotopic (exact) mass is 343 g/mol. The number of nitro groups is 1. The summed E-state index contributed by atoms with van der Waals surface area (Å²) in [5.74, 6) is -0.446. The molecule has 0 aromatic carbocycles. The van der Waals surface area contributed by atoms with E-state index in [1.165, 1.54) is 35.1 Å². The number of rotatable bonds is 4. The molecular weight excluding hydrogens is 334 g/mol. The molecular formula is C11H10BrN3O3S. The maximum absolute atomic E-state index is 11.9. The van der Waals surface area contributed by atoms with Gasteiger partial charge < -0.3 is 15.4 Å². The number of halogens is 1. The average molecular weight is 344 g/mol. The molecule has 0 radical (unpaired) electrons. The zero-order valence-electron chi connectivity index (χ0n) is 9.92. The van der Waals surface area contributed by atoms with Gasteiger partial charge in [0.2, 0.25) is 0 Å². The molecule has 0 fully saturated rings. The molecule has 8 heteroatoms. The number of nitrogens with one attached hydrogen (secondary N) is 1. The number of nitrogens with zero attached hydrogens (tertiary/aromatic N) is 2. The topological polar surface area (TPSA) is 77.2 Å². The molecule has 2 heterocycles. The largest absolute Gasteiger partial charge is 0.358 e. The summed E-state index contributed by atoms with van der Waals surface area (Å²) in [7, 11) is 1.49. The molecule has 2 aromatic rings. The van der Waals surface area contributed by atoms with E-state index in [1.54, 1.807) is 0 Å². The van der Waals surface area contributed by atoms with E-state index in [-0.39, 0.29) is 17.4 Å². The Kier molecular flexibility index (Phi) is 4.01. The van der Waals surface area contributed by atoms with Crippen LogP contribution in [0.3, 0.4) is 0 Å². The number of carbonyl (C=O) groups is 1. The van der Waals surface area contributed by atoms with Crippen molar-refractivity contribution in [3.8, 4) is 0 Å². The Labute approximate surface area is 121 Å². The predicted molar refractivity (Wildman–Crippen MR) is 75.3 cm³/mol. The maximum Gasteiger partial charge on any atom is 0.323 e. The first-order valence-electron chi connectivity index (χ1n) is 5.31. The van der Waals surface area contributed by atoms with Gasteiger partial charge in [0, 0.05) is 15.4 Å². The normalized spacial score (nSPS) is 10.4. The van der Waals surface area contributed by atoms with Crippen molar-refractivity contribution in [3.05, 3.63) is 48.7 Å². The first kappa shape index (κ1) is 13.8. The van der Waals surface area contributed by atoms with E-state index < -0.39 is 4.92 Å². The molecule has 1 N–H and O–H groups in total. The summed E-state index contributed by atoms with van der Waals surface area (Å²) < 4.78 is 2.20. The van der Waals surface area contributed by atoms with Gasteiger partial charge in [-0.25, -0.2) is 4.57 Å². The second kappa shape index (κ2) is 5.54. The fourth-order valence-corrected chi connectivity index (χ4v) is 3.05. The summed E-state index contributed by atoms with van der Waals surface area (Å²) in [6.07, 6.45) is 0. The number of hydrogen-bond donors (Lipinski definition) is 1. The van der Waals surface area contributed by atoms with E-state index in [4.69, 9.17) is 0 Å². The number of amides is 1. The Hall–Kier alpha value is -1.67. The van der Waals surface area contributed by atoms with Crippen molar-refractivity contribution >= 4 is 39.0 Å². The zero-order valence-corrected chi connectivity index (χ0v) is 12.3. The molecule has 100 valence electrons. The maximum atomic E-state index is 11.9. The van der Waals surface area contributed by atoms with Crippen LogP contribution in [0.5, 0.6) is 0 Å². The Balaban J connectivity index is 2.08. The van der Waals surface area contributed by atoms with E-state index >= 15 is 0 Å². The molecule has 0 aliphatic carbocycles.